The van der Waals surface area contributed by atoms with E-state index in [1.54, 1.807) is 6.92 Å². The molecule has 0 bridgehead atoms. The molecular weight excluding hydrogens is 220 g/mol. The van der Waals surface area contributed by atoms with Crippen LogP contribution >= 0.6 is 0 Å². The van der Waals surface area contributed by atoms with E-state index in [4.69, 9.17) is 19.8 Å². The Morgan fingerprint density at radius 3 is 3.13 bits per heavy atom. The van der Waals surface area contributed by atoms with Crippen LogP contribution in [0, 0.1) is 4.78 Å². The molecule has 1 aliphatic heterocycles. The summed E-state index contributed by atoms with van der Waals surface area (Å²) in [4.78, 5) is 0.0691. The van der Waals surface area contributed by atoms with Crippen LogP contribution in [-0.2, 0) is 16.5 Å². The van der Waals surface area contributed by atoms with Crippen LogP contribution in [-0.4, -0.2) is 31.3 Å². The van der Waals surface area contributed by atoms with Gasteiger partial charge in [0.25, 0.3) is 0 Å². The van der Waals surface area contributed by atoms with Gasteiger partial charge in [-0.15, -0.1) is 0 Å². The molecule has 0 amide bonds. The summed E-state index contributed by atoms with van der Waals surface area (Å²) in [6, 6.07) is 0. The number of nitrogens with zero attached hydrogens (tertiary/aromatic N) is 2. The Hall–Kier alpha value is -1.12. The third-order valence-electron chi connectivity index (χ3n) is 2.25. The first kappa shape index (κ1) is 10.4. The molecule has 8 heteroatoms. The smallest absolute Gasteiger partial charge is 0.231 e. The van der Waals surface area contributed by atoms with Crippen molar-refractivity contribution in [3.8, 4) is 5.88 Å². The van der Waals surface area contributed by atoms with E-state index in [9.17, 15) is 4.21 Å². The minimum Gasteiger partial charge on any atom is -0.466 e. The lowest BCUT2D eigenvalue weighted by Gasteiger charge is -2.19. The lowest BCUT2D eigenvalue weighted by atomic mass is 10.1. The molecule has 84 valence electrons. The molecule has 0 fully saturated rings. The fraction of sp³-hybridized carbons (Fsp3) is 0.571. The Balaban J connectivity index is 2.46. The highest BCUT2D eigenvalue weighted by Crippen LogP contribution is 2.33. The quantitative estimate of drug-likeness (QED) is 0.625. The maximum absolute atomic E-state index is 11.4. The molecule has 0 saturated carbocycles. The predicted molar refractivity (Wildman–Crippen MR) is 51.7 cm³/mol. The standard InChI is InChI=1S/C7H12N4O3S/c1-7(4-12)3-11-6(14-7)5(2-10-11)15(8,9)13/h2,12H,3-4H2,1H3,(H3,8,9,13). The number of aromatic nitrogens is 2. The summed E-state index contributed by atoms with van der Waals surface area (Å²) < 4.78 is 25.5. The zero-order valence-corrected chi connectivity index (χ0v) is 8.95. The number of nitrogens with two attached hydrogens (primary N) is 1. The second-order valence-corrected chi connectivity index (χ2v) is 5.42. The molecule has 7 nitrogen and oxygen atoms in total. The largest absolute Gasteiger partial charge is 0.466 e. The number of ether oxygens (including phenoxy) is 1. The first-order valence-electron chi connectivity index (χ1n) is 4.28. The average Bonchev–Trinajstić information content (AvgIpc) is 2.59. The monoisotopic (exact) mass is 232 g/mol. The lowest BCUT2D eigenvalue weighted by molar-refractivity contribution is 0.0399. The number of aliphatic hydroxyl groups excluding tert-OH is 1. The number of fused-ring (bicyclic) bond motifs is 1. The van der Waals surface area contributed by atoms with E-state index in [2.05, 4.69) is 5.10 Å². The van der Waals surface area contributed by atoms with Gasteiger partial charge in [0.1, 0.15) is 14.8 Å². The van der Waals surface area contributed by atoms with Crippen molar-refractivity contribution >= 4 is 9.92 Å². The molecule has 2 atom stereocenters. The van der Waals surface area contributed by atoms with E-state index in [1.165, 1.54) is 10.9 Å². The molecule has 2 unspecified atom stereocenters. The van der Waals surface area contributed by atoms with E-state index >= 15 is 0 Å². The fourth-order valence-corrected chi connectivity index (χ4v) is 2.06. The SMILES string of the molecule is CC1(CO)Cn2ncc(S(=N)(N)=O)c2O1. The van der Waals surface area contributed by atoms with Crippen LogP contribution in [0.5, 0.6) is 5.88 Å². The maximum atomic E-state index is 11.4. The summed E-state index contributed by atoms with van der Waals surface area (Å²) in [5.41, 5.74) is -0.775. The second-order valence-electron chi connectivity index (χ2n) is 3.78. The van der Waals surface area contributed by atoms with E-state index in [-0.39, 0.29) is 17.4 Å². The van der Waals surface area contributed by atoms with E-state index < -0.39 is 15.5 Å². The van der Waals surface area contributed by atoms with Crippen LogP contribution in [0.2, 0.25) is 0 Å². The number of nitrogens with one attached hydrogen (secondary N) is 1. The highest BCUT2D eigenvalue weighted by molar-refractivity contribution is 7.90. The normalized spacial score (nSPS) is 28.2. The molecule has 0 aromatic carbocycles. The van der Waals surface area contributed by atoms with Crippen LogP contribution < -0.4 is 9.88 Å². The molecule has 15 heavy (non-hydrogen) atoms. The first-order valence-corrected chi connectivity index (χ1v) is 5.90. The van der Waals surface area contributed by atoms with Crippen molar-refractivity contribution < 1.29 is 14.1 Å². The van der Waals surface area contributed by atoms with Crippen molar-refractivity contribution in [3.63, 3.8) is 0 Å². The van der Waals surface area contributed by atoms with Crippen molar-refractivity contribution in [1.29, 1.82) is 4.78 Å². The zero-order valence-electron chi connectivity index (χ0n) is 8.14. The van der Waals surface area contributed by atoms with Crippen LogP contribution in [0.15, 0.2) is 11.1 Å². The van der Waals surface area contributed by atoms with Gasteiger partial charge in [-0.25, -0.2) is 18.8 Å². The van der Waals surface area contributed by atoms with Crippen molar-refractivity contribution in [1.82, 2.24) is 9.78 Å². The molecule has 2 rings (SSSR count). The minimum atomic E-state index is -3.33. The lowest BCUT2D eigenvalue weighted by Crippen LogP contribution is -2.35. The van der Waals surface area contributed by atoms with Crippen molar-refractivity contribution in [2.75, 3.05) is 6.61 Å². The summed E-state index contributed by atoms with van der Waals surface area (Å²) in [7, 11) is -3.33. The molecule has 0 saturated heterocycles. The van der Waals surface area contributed by atoms with E-state index in [0.717, 1.165) is 0 Å². The van der Waals surface area contributed by atoms with Crippen molar-refractivity contribution in [2.24, 2.45) is 5.14 Å². The van der Waals surface area contributed by atoms with Gasteiger partial charge in [0.05, 0.1) is 19.3 Å². The highest BCUT2D eigenvalue weighted by Gasteiger charge is 2.38. The maximum Gasteiger partial charge on any atom is 0.231 e. The van der Waals surface area contributed by atoms with Gasteiger partial charge in [0.15, 0.2) is 5.60 Å². The molecule has 0 aliphatic carbocycles. The van der Waals surface area contributed by atoms with Gasteiger partial charge in [0.2, 0.25) is 5.88 Å². The number of rotatable bonds is 2. The first-order chi connectivity index (χ1) is 6.86. The average molecular weight is 232 g/mol. The molecule has 1 aliphatic rings. The summed E-state index contributed by atoms with van der Waals surface area (Å²) >= 11 is 0. The van der Waals surface area contributed by atoms with Gasteiger partial charge in [0, 0.05) is 0 Å². The van der Waals surface area contributed by atoms with Gasteiger partial charge in [-0.05, 0) is 6.92 Å². The second kappa shape index (κ2) is 2.94. The van der Waals surface area contributed by atoms with Crippen LogP contribution in [0.3, 0.4) is 0 Å². The molecule has 0 radical (unpaired) electrons. The van der Waals surface area contributed by atoms with Crippen molar-refractivity contribution in [3.05, 3.63) is 6.20 Å². The Morgan fingerprint density at radius 2 is 2.60 bits per heavy atom. The number of hydrogen-bond acceptors (Lipinski definition) is 5. The predicted octanol–water partition coefficient (Wildman–Crippen LogP) is -0.694. The molecule has 2 heterocycles. The summed E-state index contributed by atoms with van der Waals surface area (Å²) in [6.07, 6.45) is 1.27. The van der Waals surface area contributed by atoms with Gasteiger partial charge in [-0.1, -0.05) is 0 Å². The molecule has 0 spiro atoms. The molecule has 1 aromatic rings. The Labute approximate surface area is 86.9 Å². The van der Waals surface area contributed by atoms with Crippen LogP contribution in [0.1, 0.15) is 6.92 Å². The van der Waals surface area contributed by atoms with Crippen LogP contribution in [0.4, 0.5) is 0 Å². The zero-order chi connectivity index (χ0) is 11.3. The number of hydrogen-bond donors (Lipinski definition) is 3. The molecule has 1 aromatic heterocycles. The summed E-state index contributed by atoms with van der Waals surface area (Å²) in [6.45, 7) is 1.88. The van der Waals surface area contributed by atoms with Crippen molar-refractivity contribution in [2.45, 2.75) is 24.0 Å². The topological polar surface area (TPSA) is 114 Å². The Kier molecular flexibility index (Phi) is 2.04. The van der Waals surface area contributed by atoms with Gasteiger partial charge in [-0.2, -0.15) is 5.10 Å². The van der Waals surface area contributed by atoms with Gasteiger partial charge >= 0.3 is 0 Å². The van der Waals surface area contributed by atoms with E-state index in [0.29, 0.717) is 6.54 Å². The minimum absolute atomic E-state index is 0.0691. The fourth-order valence-electron chi connectivity index (χ4n) is 1.45. The molecular formula is C7H12N4O3S. The number of aliphatic hydroxyl groups is 1. The Morgan fingerprint density at radius 1 is 1.93 bits per heavy atom. The third-order valence-corrected chi connectivity index (χ3v) is 3.18. The molecule has 4 N–H and O–H groups in total. The third kappa shape index (κ3) is 1.60. The Bertz CT molecular complexity index is 494. The van der Waals surface area contributed by atoms with E-state index in [1.807, 2.05) is 0 Å². The summed E-state index contributed by atoms with van der Waals surface area (Å²) in [5, 5.41) is 18.2. The highest BCUT2D eigenvalue weighted by atomic mass is 32.2. The summed E-state index contributed by atoms with van der Waals surface area (Å²) in [5.74, 6) is 0.217. The van der Waals surface area contributed by atoms with Gasteiger partial charge in [-0.3, -0.25) is 0 Å². The van der Waals surface area contributed by atoms with Gasteiger partial charge < -0.3 is 9.84 Å². The van der Waals surface area contributed by atoms with Crippen LogP contribution in [0.25, 0.3) is 0 Å².